The predicted molar refractivity (Wildman–Crippen MR) is 66.9 cm³/mol. The quantitative estimate of drug-likeness (QED) is 0.898. The number of nitrogens with zero attached hydrogens (tertiary/aromatic N) is 3. The fourth-order valence-electron chi connectivity index (χ4n) is 1.49. The van der Waals surface area contributed by atoms with Gasteiger partial charge in [0.1, 0.15) is 5.75 Å². The van der Waals surface area contributed by atoms with Crippen LogP contribution in [0.2, 0.25) is 0 Å². The molecule has 6 nitrogen and oxygen atoms in total. The van der Waals surface area contributed by atoms with Crippen LogP contribution >= 0.6 is 0 Å². The van der Waals surface area contributed by atoms with Gasteiger partial charge in [0.05, 0.1) is 12.0 Å². The van der Waals surface area contributed by atoms with E-state index in [1.165, 1.54) is 31.7 Å². The van der Waals surface area contributed by atoms with Crippen LogP contribution in [0.3, 0.4) is 0 Å². The van der Waals surface area contributed by atoms with Crippen molar-refractivity contribution < 1.29 is 13.5 Å². The van der Waals surface area contributed by atoms with Gasteiger partial charge in [-0.3, -0.25) is 4.31 Å². The van der Waals surface area contributed by atoms with Crippen LogP contribution in [0, 0.1) is 0 Å². The molecule has 1 heterocycles. The maximum Gasteiger partial charge on any atom is 0.283 e. The van der Waals surface area contributed by atoms with Crippen LogP contribution in [-0.2, 0) is 17.1 Å². The molecule has 1 aromatic carbocycles. The number of phenols is 1. The van der Waals surface area contributed by atoms with Gasteiger partial charge in [-0.1, -0.05) is 6.07 Å². The molecule has 0 bridgehead atoms. The highest BCUT2D eigenvalue weighted by Crippen LogP contribution is 2.23. The lowest BCUT2D eigenvalue weighted by atomic mass is 10.3. The number of sulfonamides is 1. The van der Waals surface area contributed by atoms with Crippen molar-refractivity contribution in [3.63, 3.8) is 0 Å². The van der Waals surface area contributed by atoms with Crippen LogP contribution in [0.5, 0.6) is 5.75 Å². The zero-order valence-electron chi connectivity index (χ0n) is 9.98. The minimum absolute atomic E-state index is 0.00979. The molecule has 96 valence electrons. The van der Waals surface area contributed by atoms with Gasteiger partial charge in [0.15, 0.2) is 5.03 Å². The summed E-state index contributed by atoms with van der Waals surface area (Å²) < 4.78 is 27.1. The molecular weight excluding hydrogens is 254 g/mol. The van der Waals surface area contributed by atoms with Crippen molar-refractivity contribution in [2.45, 2.75) is 5.03 Å². The fourth-order valence-corrected chi connectivity index (χ4v) is 2.64. The first-order valence-corrected chi connectivity index (χ1v) is 6.61. The third-order valence-electron chi connectivity index (χ3n) is 2.50. The molecule has 0 aliphatic heterocycles. The lowest BCUT2D eigenvalue weighted by molar-refractivity contribution is 0.475. The van der Waals surface area contributed by atoms with Gasteiger partial charge in [-0.25, -0.2) is 4.98 Å². The minimum Gasteiger partial charge on any atom is -0.508 e. The van der Waals surface area contributed by atoms with Crippen LogP contribution in [0.4, 0.5) is 5.69 Å². The summed E-state index contributed by atoms with van der Waals surface area (Å²) in [6.07, 6.45) is 2.85. The van der Waals surface area contributed by atoms with E-state index >= 15 is 0 Å². The van der Waals surface area contributed by atoms with Crippen molar-refractivity contribution in [1.29, 1.82) is 0 Å². The van der Waals surface area contributed by atoms with E-state index in [1.807, 2.05) is 0 Å². The van der Waals surface area contributed by atoms with Crippen LogP contribution in [-0.4, -0.2) is 30.1 Å². The molecule has 1 N–H and O–H groups in total. The summed E-state index contributed by atoms with van der Waals surface area (Å²) in [5, 5.41) is 9.33. The van der Waals surface area contributed by atoms with Gasteiger partial charge < -0.3 is 9.67 Å². The number of phenolic OH excluding ortho intramolecular Hbond substituents is 1. The topological polar surface area (TPSA) is 75.4 Å². The van der Waals surface area contributed by atoms with E-state index in [9.17, 15) is 13.5 Å². The number of hydrogen-bond acceptors (Lipinski definition) is 4. The average Bonchev–Trinajstić information content (AvgIpc) is 2.75. The Kier molecular flexibility index (Phi) is 3.00. The average molecular weight is 267 g/mol. The number of imidazole rings is 1. The first-order chi connectivity index (χ1) is 8.41. The monoisotopic (exact) mass is 267 g/mol. The van der Waals surface area contributed by atoms with Crippen LogP contribution in [0.15, 0.2) is 41.8 Å². The number of aromatic nitrogens is 2. The molecule has 18 heavy (non-hydrogen) atoms. The Bertz CT molecular complexity index is 664. The second kappa shape index (κ2) is 4.34. The van der Waals surface area contributed by atoms with Crippen LogP contribution < -0.4 is 4.31 Å². The zero-order chi connectivity index (χ0) is 13.3. The molecule has 0 amide bonds. The second-order valence-corrected chi connectivity index (χ2v) is 5.79. The Hall–Kier alpha value is -2.02. The Morgan fingerprint density at radius 1 is 1.39 bits per heavy atom. The molecule has 0 unspecified atom stereocenters. The standard InChI is InChI=1S/C11H13N3O3S/c1-13-7-11(12-8-13)18(16,17)14(2)9-4-3-5-10(15)6-9/h3-8,15H,1-2H3. The van der Waals surface area contributed by atoms with Crippen LogP contribution in [0.1, 0.15) is 0 Å². The maximum absolute atomic E-state index is 12.2. The summed E-state index contributed by atoms with van der Waals surface area (Å²) in [7, 11) is -0.587. The van der Waals surface area contributed by atoms with Gasteiger partial charge >= 0.3 is 0 Å². The number of rotatable bonds is 3. The largest absolute Gasteiger partial charge is 0.508 e. The molecule has 7 heteroatoms. The zero-order valence-corrected chi connectivity index (χ0v) is 10.8. The summed E-state index contributed by atoms with van der Waals surface area (Å²) in [6, 6.07) is 6.03. The molecule has 0 aliphatic carbocycles. The van der Waals surface area contributed by atoms with E-state index in [-0.39, 0.29) is 10.8 Å². The van der Waals surface area contributed by atoms with Crippen molar-refractivity contribution in [3.05, 3.63) is 36.8 Å². The van der Waals surface area contributed by atoms with E-state index in [0.29, 0.717) is 5.69 Å². The van der Waals surface area contributed by atoms with Gasteiger partial charge in [-0.05, 0) is 12.1 Å². The van der Waals surface area contributed by atoms with Crippen LogP contribution in [0.25, 0.3) is 0 Å². The van der Waals surface area contributed by atoms with Gasteiger partial charge in [0, 0.05) is 26.4 Å². The fraction of sp³-hybridized carbons (Fsp3) is 0.182. The lowest BCUT2D eigenvalue weighted by Gasteiger charge is -2.17. The third kappa shape index (κ3) is 2.17. The Morgan fingerprint density at radius 2 is 2.11 bits per heavy atom. The second-order valence-electron chi connectivity index (χ2n) is 3.87. The van der Waals surface area contributed by atoms with E-state index < -0.39 is 10.0 Å². The van der Waals surface area contributed by atoms with Gasteiger partial charge in [-0.2, -0.15) is 8.42 Å². The highest BCUT2D eigenvalue weighted by atomic mass is 32.2. The Morgan fingerprint density at radius 3 is 2.67 bits per heavy atom. The molecule has 0 radical (unpaired) electrons. The van der Waals surface area contributed by atoms with E-state index in [0.717, 1.165) is 4.31 Å². The molecule has 0 aliphatic rings. The van der Waals surface area contributed by atoms with Gasteiger partial charge in [0.2, 0.25) is 0 Å². The van der Waals surface area contributed by atoms with Crippen molar-refractivity contribution in [1.82, 2.24) is 9.55 Å². The number of aryl methyl sites for hydroxylation is 1. The van der Waals surface area contributed by atoms with Crippen molar-refractivity contribution >= 4 is 15.7 Å². The summed E-state index contributed by atoms with van der Waals surface area (Å²) in [5.41, 5.74) is 0.376. The molecule has 0 spiro atoms. The lowest BCUT2D eigenvalue weighted by Crippen LogP contribution is -2.26. The molecule has 1 aromatic heterocycles. The smallest absolute Gasteiger partial charge is 0.283 e. The SMILES string of the molecule is CN(c1cccc(O)c1)S(=O)(=O)c1cn(C)cn1. The molecule has 0 fully saturated rings. The third-order valence-corrected chi connectivity index (χ3v) is 4.17. The number of anilines is 1. The van der Waals surface area contributed by atoms with Crippen molar-refractivity contribution in [2.24, 2.45) is 7.05 Å². The first kappa shape index (κ1) is 12.4. The van der Waals surface area contributed by atoms with E-state index in [2.05, 4.69) is 4.98 Å². The Labute approximate surface area is 105 Å². The highest BCUT2D eigenvalue weighted by Gasteiger charge is 2.23. The van der Waals surface area contributed by atoms with E-state index in [4.69, 9.17) is 0 Å². The summed E-state index contributed by atoms with van der Waals surface area (Å²) >= 11 is 0. The predicted octanol–water partition coefficient (Wildman–Crippen LogP) is 0.951. The first-order valence-electron chi connectivity index (χ1n) is 5.17. The highest BCUT2D eigenvalue weighted by molar-refractivity contribution is 7.92. The van der Waals surface area contributed by atoms with Crippen molar-refractivity contribution in [3.8, 4) is 5.75 Å². The summed E-state index contributed by atoms with van der Waals surface area (Å²) in [4.78, 5) is 3.83. The summed E-state index contributed by atoms with van der Waals surface area (Å²) in [6.45, 7) is 0. The molecule has 2 rings (SSSR count). The van der Waals surface area contributed by atoms with E-state index in [1.54, 1.807) is 23.7 Å². The summed E-state index contributed by atoms with van der Waals surface area (Å²) in [5.74, 6) is 0.00979. The minimum atomic E-state index is -3.70. The molecule has 0 saturated carbocycles. The maximum atomic E-state index is 12.2. The number of hydrogen-bond donors (Lipinski definition) is 1. The Balaban J connectivity index is 2.42. The molecule has 0 saturated heterocycles. The molecule has 0 atom stereocenters. The van der Waals surface area contributed by atoms with Crippen molar-refractivity contribution in [2.75, 3.05) is 11.4 Å². The molecule has 2 aromatic rings. The normalized spacial score (nSPS) is 11.4. The number of aromatic hydroxyl groups is 1. The number of benzene rings is 1. The molecular formula is C11H13N3O3S. The van der Waals surface area contributed by atoms with Gasteiger partial charge in [0.25, 0.3) is 10.0 Å². The van der Waals surface area contributed by atoms with Gasteiger partial charge in [-0.15, -0.1) is 0 Å².